The molecule has 4 atom stereocenters. The molecule has 0 radical (unpaired) electrons. The highest BCUT2D eigenvalue weighted by molar-refractivity contribution is 7.16. The number of Topliss-reactive ketones (excluding diaryl/α,β-unsaturated/α-hetero) is 1. The van der Waals surface area contributed by atoms with Crippen LogP contribution in [0.5, 0.6) is 5.88 Å². The van der Waals surface area contributed by atoms with Crippen LogP contribution in [0.3, 0.4) is 0 Å². The Balaban J connectivity index is 1.27. The van der Waals surface area contributed by atoms with E-state index >= 15 is 0 Å². The van der Waals surface area contributed by atoms with E-state index in [0.29, 0.717) is 60.1 Å². The van der Waals surface area contributed by atoms with Gasteiger partial charge in [-0.2, -0.15) is 10.2 Å². The van der Waals surface area contributed by atoms with Gasteiger partial charge in [-0.1, -0.05) is 0 Å². The summed E-state index contributed by atoms with van der Waals surface area (Å²) in [6, 6.07) is 4.06. The number of halogens is 1. The number of aryl methyl sites for hydroxylation is 1. The molecule has 4 fully saturated rings. The number of nitrogens with zero attached hydrogens (tertiary/aromatic N) is 5. The molecule has 44 heavy (non-hydrogen) atoms. The lowest BCUT2D eigenvalue weighted by atomic mass is 9.61. The molecular formula is C32H41FN8O2S. The number of likely N-dealkylation sites (tertiary alicyclic amines) is 1. The lowest BCUT2D eigenvalue weighted by Gasteiger charge is -2.40. The Kier molecular flexibility index (Phi) is 7.34. The smallest absolute Gasteiger partial charge is 0.219 e. The number of aromatic nitrogens is 2. The number of hydrogen-bond acceptors (Lipinski definition) is 11. The molecule has 2 aliphatic heterocycles. The van der Waals surface area contributed by atoms with Crippen molar-refractivity contribution in [2.24, 2.45) is 5.73 Å². The zero-order valence-electron chi connectivity index (χ0n) is 25.5. The molecular weight excluding hydrogens is 579 g/mol. The van der Waals surface area contributed by atoms with Crippen LogP contribution >= 0.6 is 11.3 Å². The van der Waals surface area contributed by atoms with Gasteiger partial charge < -0.3 is 26.4 Å². The lowest BCUT2D eigenvalue weighted by Crippen LogP contribution is -2.52. The van der Waals surface area contributed by atoms with Crippen LogP contribution in [0.15, 0.2) is 11.6 Å². The van der Waals surface area contributed by atoms with Crippen molar-refractivity contribution >= 4 is 33.6 Å². The first-order valence-corrected chi connectivity index (χ1v) is 16.7. The molecule has 3 aliphatic carbocycles. The second-order valence-corrected chi connectivity index (χ2v) is 14.6. The van der Waals surface area contributed by atoms with Crippen LogP contribution < -0.4 is 26.4 Å². The fourth-order valence-corrected chi connectivity index (χ4v) is 9.26. The van der Waals surface area contributed by atoms with Gasteiger partial charge in [0.2, 0.25) is 5.88 Å². The number of hydrogen-bond donors (Lipinski definition) is 3. The predicted octanol–water partition coefficient (Wildman–Crippen LogP) is 3.44. The SMILES string of the molecule is C[C@H](Oc1cc(N2CCNC3(CC3)C2)nc(C(N)=C2CCC[C@@]3(CCCc4sc(N)c(C#N)c43)C2=O)n1)[C@@H]1C[C@@H](F)CN1C. The number of nitrogens with one attached hydrogen (secondary N) is 1. The van der Waals surface area contributed by atoms with E-state index in [-0.39, 0.29) is 35.0 Å². The monoisotopic (exact) mass is 620 g/mol. The standard InChI is InChI=1S/C32H41FN8O2S/c1-18(22-13-19(33)16-40(22)2)43-25-14-24(41-12-11-37-31(17-41)9-10-31)38-30(39-25)27(35)20-5-3-7-32(28(20)42)8-4-6-23-26(32)21(15-34)29(36)44-23/h14,18-19,22,37H,3-13,16-17,35-36H2,1-2H3/t18-,19+,22-,32-/m0/s1. The first-order valence-electron chi connectivity index (χ1n) is 15.9. The number of fused-ring (bicyclic) bond motifs is 2. The van der Waals surface area contributed by atoms with Crippen molar-refractivity contribution in [2.75, 3.05) is 43.9 Å². The Hall–Kier alpha value is -3.27. The summed E-state index contributed by atoms with van der Waals surface area (Å²) in [5, 5.41) is 14.1. The minimum Gasteiger partial charge on any atom is -0.473 e. The molecule has 7 rings (SSSR count). The first kappa shape index (κ1) is 29.4. The number of nitriles is 1. The largest absolute Gasteiger partial charge is 0.473 e. The van der Waals surface area contributed by atoms with Crippen LogP contribution in [0.25, 0.3) is 5.70 Å². The Morgan fingerprint density at radius 3 is 2.75 bits per heavy atom. The van der Waals surface area contributed by atoms with Crippen LogP contribution in [0, 0.1) is 11.3 Å². The molecule has 5 N–H and O–H groups in total. The normalized spacial score (nSPS) is 29.9. The number of likely N-dealkylation sites (N-methyl/N-ethyl adjacent to an activating group) is 1. The van der Waals surface area contributed by atoms with E-state index in [2.05, 4.69) is 16.3 Å². The summed E-state index contributed by atoms with van der Waals surface area (Å²) in [6.45, 7) is 4.78. The van der Waals surface area contributed by atoms with Crippen molar-refractivity contribution in [3.63, 3.8) is 0 Å². The van der Waals surface area contributed by atoms with Gasteiger partial charge in [-0.3, -0.25) is 9.69 Å². The molecule has 10 nitrogen and oxygen atoms in total. The summed E-state index contributed by atoms with van der Waals surface area (Å²) in [5.41, 5.74) is 14.5. The number of piperazine rings is 1. The van der Waals surface area contributed by atoms with E-state index in [1.54, 1.807) is 0 Å². The third kappa shape index (κ3) is 4.93. The zero-order valence-corrected chi connectivity index (χ0v) is 26.3. The fraction of sp³-hybridized carbons (Fsp3) is 0.625. The van der Waals surface area contributed by atoms with Crippen LogP contribution in [-0.2, 0) is 16.6 Å². The van der Waals surface area contributed by atoms with E-state index in [9.17, 15) is 14.4 Å². The van der Waals surface area contributed by atoms with Crippen molar-refractivity contribution in [1.82, 2.24) is 20.2 Å². The quantitative estimate of drug-likeness (QED) is 0.425. The van der Waals surface area contributed by atoms with Crippen molar-refractivity contribution in [1.29, 1.82) is 5.26 Å². The number of thiophene rings is 1. The summed E-state index contributed by atoms with van der Waals surface area (Å²) in [6.07, 6.45) is 5.78. The van der Waals surface area contributed by atoms with Gasteiger partial charge in [0.05, 0.1) is 16.7 Å². The van der Waals surface area contributed by atoms with E-state index in [4.69, 9.17) is 26.2 Å². The van der Waals surface area contributed by atoms with Gasteiger partial charge in [0, 0.05) is 54.3 Å². The number of anilines is 2. The molecule has 2 spiro atoms. The summed E-state index contributed by atoms with van der Waals surface area (Å²) < 4.78 is 20.6. The van der Waals surface area contributed by atoms with Gasteiger partial charge in [0.25, 0.3) is 0 Å². The highest BCUT2D eigenvalue weighted by Crippen LogP contribution is 2.52. The molecule has 2 saturated heterocycles. The second kappa shape index (κ2) is 11.0. The molecule has 2 aromatic rings. The van der Waals surface area contributed by atoms with E-state index < -0.39 is 11.6 Å². The molecule has 234 valence electrons. The highest BCUT2D eigenvalue weighted by Gasteiger charge is 2.50. The number of carbonyl (C=O) groups excluding carboxylic acids is 1. The van der Waals surface area contributed by atoms with Crippen molar-refractivity contribution in [3.8, 4) is 11.9 Å². The lowest BCUT2D eigenvalue weighted by molar-refractivity contribution is -0.122. The summed E-state index contributed by atoms with van der Waals surface area (Å²) in [7, 11) is 1.92. The Morgan fingerprint density at radius 1 is 1.27 bits per heavy atom. The van der Waals surface area contributed by atoms with Gasteiger partial charge in [-0.05, 0) is 77.3 Å². The molecule has 5 aliphatic rings. The Bertz CT molecular complexity index is 1560. The third-order valence-electron chi connectivity index (χ3n) is 10.6. The molecule has 2 saturated carbocycles. The van der Waals surface area contributed by atoms with Crippen molar-refractivity contribution in [2.45, 2.75) is 94.0 Å². The molecule has 2 aromatic heterocycles. The predicted molar refractivity (Wildman–Crippen MR) is 168 cm³/mol. The first-order chi connectivity index (χ1) is 21.1. The average Bonchev–Trinajstić information content (AvgIpc) is 3.51. The van der Waals surface area contributed by atoms with Crippen molar-refractivity contribution in [3.05, 3.63) is 33.5 Å². The second-order valence-electron chi connectivity index (χ2n) is 13.4. The molecule has 12 heteroatoms. The van der Waals surface area contributed by atoms with Crippen molar-refractivity contribution < 1.29 is 13.9 Å². The van der Waals surface area contributed by atoms with E-state index in [1.165, 1.54) is 11.3 Å². The minimum atomic E-state index is -0.881. The number of nitrogen functional groups attached to an aromatic ring is 1. The number of carbonyl (C=O) groups is 1. The topological polar surface area (TPSA) is 146 Å². The molecule has 0 aromatic carbocycles. The van der Waals surface area contributed by atoms with Gasteiger partial charge in [-0.15, -0.1) is 11.3 Å². The summed E-state index contributed by atoms with van der Waals surface area (Å²) in [4.78, 5) is 29.5. The van der Waals surface area contributed by atoms with E-state index in [0.717, 1.165) is 62.2 Å². The van der Waals surface area contributed by atoms with Crippen LogP contribution in [0.2, 0.25) is 0 Å². The van der Waals surface area contributed by atoms with Gasteiger partial charge >= 0.3 is 0 Å². The third-order valence-corrected chi connectivity index (χ3v) is 11.6. The number of nitrogens with two attached hydrogens (primary N) is 2. The minimum absolute atomic E-state index is 0.0398. The maximum Gasteiger partial charge on any atom is 0.219 e. The molecule has 4 heterocycles. The fourth-order valence-electron chi connectivity index (χ4n) is 8.09. The van der Waals surface area contributed by atoms with Crippen LogP contribution in [0.1, 0.15) is 80.1 Å². The number of alkyl halides is 1. The van der Waals surface area contributed by atoms with Gasteiger partial charge in [0.15, 0.2) is 11.6 Å². The molecule has 0 unspecified atom stereocenters. The average molecular weight is 621 g/mol. The number of allylic oxidation sites excluding steroid dienone is 1. The van der Waals surface area contributed by atoms with Crippen LogP contribution in [-0.4, -0.2) is 77.7 Å². The Labute approximate surface area is 261 Å². The van der Waals surface area contributed by atoms with E-state index in [1.807, 2.05) is 24.9 Å². The molecule has 0 amide bonds. The number of ether oxygens (including phenoxy) is 1. The maximum absolute atomic E-state index is 14.5. The van der Waals surface area contributed by atoms with Gasteiger partial charge in [0.1, 0.15) is 29.2 Å². The summed E-state index contributed by atoms with van der Waals surface area (Å²) in [5.74, 6) is 1.32. The number of rotatable bonds is 5. The maximum atomic E-state index is 14.5. The Morgan fingerprint density at radius 2 is 2.05 bits per heavy atom. The van der Waals surface area contributed by atoms with Gasteiger partial charge in [-0.25, -0.2) is 9.37 Å². The van der Waals surface area contributed by atoms with Crippen LogP contribution in [0.4, 0.5) is 15.2 Å². The summed E-state index contributed by atoms with van der Waals surface area (Å²) >= 11 is 1.43. The zero-order chi connectivity index (χ0) is 30.8. The molecule has 0 bridgehead atoms. The number of ketones is 1. The highest BCUT2D eigenvalue weighted by atomic mass is 32.1.